The summed E-state index contributed by atoms with van der Waals surface area (Å²) in [6, 6.07) is 9.49. The van der Waals surface area contributed by atoms with E-state index in [9.17, 15) is 9.90 Å². The normalized spacial score (nSPS) is 10.6. The molecule has 0 aliphatic carbocycles. The second kappa shape index (κ2) is 4.49. The minimum absolute atomic E-state index is 0.0381. The zero-order chi connectivity index (χ0) is 11.5. The Balaban J connectivity index is 2.35. The van der Waals surface area contributed by atoms with Crippen molar-refractivity contribution in [3.63, 3.8) is 0 Å². The van der Waals surface area contributed by atoms with Gasteiger partial charge in [0.2, 0.25) is 5.88 Å². The quantitative estimate of drug-likeness (QED) is 0.705. The minimum Gasteiger partial charge on any atom is -0.493 e. The van der Waals surface area contributed by atoms with E-state index in [0.29, 0.717) is 18.0 Å². The number of thiol groups is 1. The Hall–Kier alpha value is -1.62. The number of nitrogens with one attached hydrogen (secondary N) is 1. The lowest BCUT2D eigenvalue weighted by atomic mass is 10.2. The molecule has 2 aromatic rings. The zero-order valence-electron chi connectivity index (χ0n) is 8.55. The van der Waals surface area contributed by atoms with Crippen molar-refractivity contribution in [2.45, 2.75) is 12.3 Å². The number of aromatic hydroxyl groups is 1. The van der Waals surface area contributed by atoms with Gasteiger partial charge in [-0.3, -0.25) is 4.57 Å². The van der Waals surface area contributed by atoms with Gasteiger partial charge in [0.1, 0.15) is 0 Å². The van der Waals surface area contributed by atoms with Crippen LogP contribution >= 0.6 is 12.6 Å². The molecule has 2 rings (SSSR count). The van der Waals surface area contributed by atoms with E-state index < -0.39 is 0 Å². The molecule has 0 unspecified atom stereocenters. The number of aromatic nitrogens is 2. The van der Waals surface area contributed by atoms with Gasteiger partial charge in [-0.1, -0.05) is 30.3 Å². The summed E-state index contributed by atoms with van der Waals surface area (Å²) in [5.74, 6) is 0.270. The molecule has 0 saturated carbocycles. The Morgan fingerprint density at radius 2 is 2.00 bits per heavy atom. The molecule has 1 aromatic carbocycles. The lowest BCUT2D eigenvalue weighted by molar-refractivity contribution is 0.418. The van der Waals surface area contributed by atoms with Crippen molar-refractivity contribution in [2.24, 2.45) is 0 Å². The van der Waals surface area contributed by atoms with Crippen LogP contribution < -0.4 is 5.69 Å². The summed E-state index contributed by atoms with van der Waals surface area (Å²) < 4.78 is 1.29. The monoisotopic (exact) mass is 236 g/mol. The first-order valence-electron chi connectivity index (χ1n) is 4.88. The van der Waals surface area contributed by atoms with Crippen molar-refractivity contribution in [1.82, 2.24) is 9.55 Å². The number of H-pyrrole nitrogens is 1. The van der Waals surface area contributed by atoms with E-state index in [1.165, 1.54) is 4.57 Å². The molecular weight excluding hydrogens is 224 g/mol. The van der Waals surface area contributed by atoms with Gasteiger partial charge in [-0.05, 0) is 5.56 Å². The first kappa shape index (κ1) is 10.9. The highest BCUT2D eigenvalue weighted by Gasteiger charge is 2.11. The number of imidazole rings is 1. The van der Waals surface area contributed by atoms with E-state index in [-0.39, 0.29) is 11.6 Å². The smallest absolute Gasteiger partial charge is 0.328 e. The van der Waals surface area contributed by atoms with Crippen LogP contribution in [-0.2, 0) is 12.3 Å². The van der Waals surface area contributed by atoms with Gasteiger partial charge in [-0.2, -0.15) is 12.6 Å². The van der Waals surface area contributed by atoms with E-state index in [1.807, 2.05) is 30.3 Å². The van der Waals surface area contributed by atoms with Crippen LogP contribution in [0.1, 0.15) is 11.3 Å². The Morgan fingerprint density at radius 1 is 1.31 bits per heavy atom. The zero-order valence-corrected chi connectivity index (χ0v) is 9.45. The summed E-state index contributed by atoms with van der Waals surface area (Å²) in [4.78, 5) is 14.1. The SMILES string of the molecule is O=c1[nH]c(CS)c(O)n1Cc1ccccc1. The van der Waals surface area contributed by atoms with Crippen molar-refractivity contribution in [3.05, 3.63) is 52.1 Å². The molecule has 0 atom stereocenters. The average Bonchev–Trinajstić information content (AvgIpc) is 2.58. The number of rotatable bonds is 3. The van der Waals surface area contributed by atoms with Crippen LogP contribution in [0.5, 0.6) is 5.88 Å². The van der Waals surface area contributed by atoms with Crippen LogP contribution in [0.4, 0.5) is 0 Å². The second-order valence-electron chi connectivity index (χ2n) is 3.46. The highest BCUT2D eigenvalue weighted by molar-refractivity contribution is 7.79. The standard InChI is InChI=1S/C11H12N2O2S/c14-10-9(7-16)12-11(15)13(10)6-8-4-2-1-3-5-8/h1-5,14,16H,6-7H2,(H,12,15). The Kier molecular flexibility index (Phi) is 3.05. The lowest BCUT2D eigenvalue weighted by Crippen LogP contribution is -2.17. The Labute approximate surface area is 98.0 Å². The average molecular weight is 236 g/mol. The molecule has 16 heavy (non-hydrogen) atoms. The third-order valence-corrected chi connectivity index (χ3v) is 2.69. The first-order valence-corrected chi connectivity index (χ1v) is 5.51. The molecule has 2 N–H and O–H groups in total. The number of hydrogen-bond donors (Lipinski definition) is 3. The Bertz CT molecular complexity index is 531. The molecule has 0 aliphatic heterocycles. The van der Waals surface area contributed by atoms with Crippen LogP contribution in [0, 0.1) is 0 Å². The Morgan fingerprint density at radius 3 is 2.56 bits per heavy atom. The van der Waals surface area contributed by atoms with Gasteiger partial charge in [0.25, 0.3) is 0 Å². The third kappa shape index (κ3) is 1.99. The predicted molar refractivity (Wildman–Crippen MR) is 65.0 cm³/mol. The number of hydrogen-bond acceptors (Lipinski definition) is 3. The third-order valence-electron chi connectivity index (χ3n) is 2.37. The van der Waals surface area contributed by atoms with Crippen molar-refractivity contribution in [1.29, 1.82) is 0 Å². The predicted octanol–water partition coefficient (Wildman–Crippen LogP) is 1.36. The second-order valence-corrected chi connectivity index (χ2v) is 3.78. The summed E-state index contributed by atoms with van der Waals surface area (Å²) >= 11 is 4.02. The molecule has 5 heteroatoms. The molecule has 1 aromatic heterocycles. The van der Waals surface area contributed by atoms with Crippen molar-refractivity contribution < 1.29 is 5.11 Å². The number of aromatic amines is 1. The maximum Gasteiger partial charge on any atom is 0.328 e. The fourth-order valence-corrected chi connectivity index (χ4v) is 1.75. The molecular formula is C11H12N2O2S. The highest BCUT2D eigenvalue weighted by atomic mass is 32.1. The molecule has 4 nitrogen and oxygen atoms in total. The van der Waals surface area contributed by atoms with Crippen molar-refractivity contribution in [3.8, 4) is 5.88 Å². The molecule has 84 valence electrons. The van der Waals surface area contributed by atoms with E-state index in [0.717, 1.165) is 5.56 Å². The van der Waals surface area contributed by atoms with E-state index in [2.05, 4.69) is 17.6 Å². The molecule has 0 saturated heterocycles. The lowest BCUT2D eigenvalue weighted by Gasteiger charge is -2.03. The molecule has 0 fully saturated rings. The van der Waals surface area contributed by atoms with Crippen molar-refractivity contribution in [2.75, 3.05) is 0 Å². The molecule has 0 amide bonds. The summed E-state index contributed by atoms with van der Waals surface area (Å²) in [7, 11) is 0. The van der Waals surface area contributed by atoms with Gasteiger partial charge in [-0.15, -0.1) is 0 Å². The summed E-state index contributed by atoms with van der Waals surface area (Å²) in [5.41, 5.74) is 1.10. The van der Waals surface area contributed by atoms with Crippen LogP contribution in [-0.4, -0.2) is 14.7 Å². The van der Waals surface area contributed by atoms with E-state index in [4.69, 9.17) is 0 Å². The number of nitrogens with zero attached hydrogens (tertiary/aromatic N) is 1. The van der Waals surface area contributed by atoms with Gasteiger partial charge < -0.3 is 10.1 Å². The van der Waals surface area contributed by atoms with Gasteiger partial charge in [0.05, 0.1) is 12.2 Å². The minimum atomic E-state index is -0.314. The maximum absolute atomic E-state index is 11.5. The molecule has 0 bridgehead atoms. The molecule has 0 radical (unpaired) electrons. The van der Waals surface area contributed by atoms with Crippen LogP contribution in [0.3, 0.4) is 0 Å². The largest absolute Gasteiger partial charge is 0.493 e. The fraction of sp³-hybridized carbons (Fsp3) is 0.182. The van der Waals surface area contributed by atoms with Gasteiger partial charge >= 0.3 is 5.69 Å². The van der Waals surface area contributed by atoms with Gasteiger partial charge in [0, 0.05) is 5.75 Å². The van der Waals surface area contributed by atoms with E-state index in [1.54, 1.807) is 0 Å². The number of benzene rings is 1. The topological polar surface area (TPSA) is 58.0 Å². The first-order chi connectivity index (χ1) is 7.72. The summed E-state index contributed by atoms with van der Waals surface area (Å²) in [6.45, 7) is 0.357. The van der Waals surface area contributed by atoms with Gasteiger partial charge in [-0.25, -0.2) is 4.79 Å². The van der Waals surface area contributed by atoms with Crippen molar-refractivity contribution >= 4 is 12.6 Å². The van der Waals surface area contributed by atoms with E-state index >= 15 is 0 Å². The van der Waals surface area contributed by atoms with Gasteiger partial charge in [0.15, 0.2) is 0 Å². The molecule has 0 aliphatic rings. The van der Waals surface area contributed by atoms with Crippen LogP contribution in [0.25, 0.3) is 0 Å². The van der Waals surface area contributed by atoms with Crippen LogP contribution in [0.15, 0.2) is 35.1 Å². The maximum atomic E-state index is 11.5. The fourth-order valence-electron chi connectivity index (χ4n) is 1.53. The highest BCUT2D eigenvalue weighted by Crippen LogP contribution is 2.15. The molecule has 1 heterocycles. The summed E-state index contributed by atoms with van der Waals surface area (Å²) in [6.07, 6.45) is 0. The summed E-state index contributed by atoms with van der Waals surface area (Å²) in [5, 5.41) is 9.75. The molecule has 0 spiro atoms. The van der Waals surface area contributed by atoms with Crippen LogP contribution in [0.2, 0.25) is 0 Å².